The maximum absolute atomic E-state index is 12.2. The number of anilines is 1. The Bertz CT molecular complexity index is 865. The number of thiazole rings is 1. The van der Waals surface area contributed by atoms with Crippen molar-refractivity contribution in [1.82, 2.24) is 15.1 Å². The highest BCUT2D eigenvalue weighted by molar-refractivity contribution is 8.13. The molecule has 1 fully saturated rings. The number of nitrogens with two attached hydrogens (primary N) is 1. The van der Waals surface area contributed by atoms with Gasteiger partial charge in [0.25, 0.3) is 0 Å². The van der Waals surface area contributed by atoms with Crippen molar-refractivity contribution in [3.63, 3.8) is 0 Å². The van der Waals surface area contributed by atoms with Crippen molar-refractivity contribution in [3.05, 3.63) is 22.1 Å². The van der Waals surface area contributed by atoms with Crippen molar-refractivity contribution < 1.29 is 14.1 Å². The van der Waals surface area contributed by atoms with Crippen LogP contribution in [0.4, 0.5) is 5.82 Å². The van der Waals surface area contributed by atoms with Crippen LogP contribution in [0.1, 0.15) is 34.9 Å². The summed E-state index contributed by atoms with van der Waals surface area (Å²) in [6.45, 7) is 4.15. The van der Waals surface area contributed by atoms with Crippen LogP contribution in [0, 0.1) is 12.8 Å². The van der Waals surface area contributed by atoms with Crippen molar-refractivity contribution in [3.8, 4) is 0 Å². The Morgan fingerprint density at radius 2 is 2.31 bits per heavy atom. The van der Waals surface area contributed by atoms with E-state index in [0.29, 0.717) is 23.4 Å². The van der Waals surface area contributed by atoms with Crippen LogP contribution in [0.3, 0.4) is 0 Å². The molecule has 138 valence electrons. The molecule has 1 amide bonds. The number of nitrogens with zero attached hydrogens (tertiary/aromatic N) is 4. The van der Waals surface area contributed by atoms with Gasteiger partial charge in [-0.1, -0.05) is 16.9 Å². The molecule has 1 unspecified atom stereocenters. The molecular weight excluding hydrogens is 376 g/mol. The Hall–Kier alpha value is -1.98. The molecule has 4 heterocycles. The van der Waals surface area contributed by atoms with Crippen LogP contribution in [0.2, 0.25) is 0 Å². The maximum atomic E-state index is 12.2. The van der Waals surface area contributed by atoms with Gasteiger partial charge in [0.1, 0.15) is 16.4 Å². The Labute approximate surface area is 157 Å². The summed E-state index contributed by atoms with van der Waals surface area (Å²) >= 11 is 3.00. The first kappa shape index (κ1) is 17.4. The first-order valence-electron chi connectivity index (χ1n) is 8.13. The Kier molecular flexibility index (Phi) is 4.45. The predicted molar refractivity (Wildman–Crippen MR) is 98.4 cm³/mol. The minimum Gasteiger partial charge on any atom is -0.379 e. The third-order valence-electron chi connectivity index (χ3n) is 4.46. The molecule has 4 rings (SSSR count). The molecule has 9 nitrogen and oxygen atoms in total. The van der Waals surface area contributed by atoms with Gasteiger partial charge in [0.15, 0.2) is 11.0 Å². The highest BCUT2D eigenvalue weighted by Crippen LogP contribution is 2.46. The number of fused-ring (bicyclic) bond motifs is 1. The number of carbonyl (C=O) groups excluding carboxylic acids is 1. The van der Waals surface area contributed by atoms with Gasteiger partial charge in [-0.05, 0) is 20.3 Å². The Balaban J connectivity index is 1.59. The SMILES string of the molecule is Cc1noc(C(=O)Nc2csc(C34CO[C@@H](C)C[C@H]3CSC(N)=N4)n2)n1. The minimum atomic E-state index is -0.587. The lowest BCUT2D eigenvalue weighted by atomic mass is 9.80. The predicted octanol–water partition coefficient (Wildman–Crippen LogP) is 1.77. The number of hydrogen-bond donors (Lipinski definition) is 2. The van der Waals surface area contributed by atoms with E-state index in [1.165, 1.54) is 11.3 Å². The van der Waals surface area contributed by atoms with Crippen molar-refractivity contribution >= 4 is 40.0 Å². The molecule has 26 heavy (non-hydrogen) atoms. The van der Waals surface area contributed by atoms with Crippen LogP contribution < -0.4 is 11.1 Å². The van der Waals surface area contributed by atoms with E-state index in [-0.39, 0.29) is 17.9 Å². The standard InChI is InChI=1S/C15H18N6O3S2/c1-7-3-9-4-26-14(16)20-15(9,6-23-7)13-19-10(5-25-13)18-11(22)12-17-8(2)21-24-12/h5,7,9H,3-4,6H2,1-2H3,(H2,16,20)(H,18,22)/t7-,9-,15?/m0/s1. The van der Waals surface area contributed by atoms with Gasteiger partial charge in [0, 0.05) is 17.1 Å². The van der Waals surface area contributed by atoms with E-state index in [9.17, 15) is 4.79 Å². The smallest absolute Gasteiger partial charge is 0.316 e. The normalized spacial score (nSPS) is 28.3. The molecule has 2 aromatic rings. The fourth-order valence-corrected chi connectivity index (χ4v) is 5.14. The second-order valence-electron chi connectivity index (χ2n) is 6.38. The zero-order valence-electron chi connectivity index (χ0n) is 14.3. The van der Waals surface area contributed by atoms with E-state index >= 15 is 0 Å². The third kappa shape index (κ3) is 3.10. The number of aromatic nitrogens is 3. The van der Waals surface area contributed by atoms with Crippen molar-refractivity contribution in [2.24, 2.45) is 16.6 Å². The molecular formula is C15H18N6O3S2. The van der Waals surface area contributed by atoms with Crippen molar-refractivity contribution in [2.75, 3.05) is 17.7 Å². The van der Waals surface area contributed by atoms with E-state index in [4.69, 9.17) is 20.0 Å². The van der Waals surface area contributed by atoms with E-state index in [2.05, 4.69) is 27.4 Å². The summed E-state index contributed by atoms with van der Waals surface area (Å²) < 4.78 is 10.8. The summed E-state index contributed by atoms with van der Waals surface area (Å²) in [5.41, 5.74) is 5.41. The second kappa shape index (κ2) is 6.63. The lowest BCUT2D eigenvalue weighted by Gasteiger charge is -2.44. The first-order valence-corrected chi connectivity index (χ1v) is 10.00. The largest absolute Gasteiger partial charge is 0.379 e. The molecule has 0 bridgehead atoms. The first-order chi connectivity index (χ1) is 12.5. The monoisotopic (exact) mass is 394 g/mol. The number of rotatable bonds is 3. The van der Waals surface area contributed by atoms with E-state index in [0.717, 1.165) is 17.2 Å². The van der Waals surface area contributed by atoms with E-state index in [1.807, 2.05) is 0 Å². The van der Waals surface area contributed by atoms with Gasteiger partial charge in [0.2, 0.25) is 0 Å². The molecule has 0 aromatic carbocycles. The fraction of sp³-hybridized carbons (Fsp3) is 0.533. The van der Waals surface area contributed by atoms with Gasteiger partial charge in [0.05, 0.1) is 12.7 Å². The highest BCUT2D eigenvalue weighted by Gasteiger charge is 2.49. The number of aliphatic imine (C=N–C) groups is 1. The van der Waals surface area contributed by atoms with E-state index in [1.54, 1.807) is 24.1 Å². The molecule has 1 saturated heterocycles. The number of ether oxygens (including phenoxy) is 1. The number of carbonyl (C=O) groups is 1. The van der Waals surface area contributed by atoms with Gasteiger partial charge >= 0.3 is 11.8 Å². The third-order valence-corrected chi connectivity index (χ3v) is 6.42. The van der Waals surface area contributed by atoms with Gasteiger partial charge in [-0.15, -0.1) is 11.3 Å². The summed E-state index contributed by atoms with van der Waals surface area (Å²) in [5, 5.41) is 9.39. The van der Waals surface area contributed by atoms with Crippen LogP contribution >= 0.6 is 23.1 Å². The lowest BCUT2D eigenvalue weighted by Crippen LogP contribution is -2.49. The summed E-state index contributed by atoms with van der Waals surface area (Å²) in [4.78, 5) is 25.4. The Morgan fingerprint density at radius 1 is 1.46 bits per heavy atom. The topological polar surface area (TPSA) is 129 Å². The number of hydrogen-bond acceptors (Lipinski definition) is 10. The molecule has 3 N–H and O–H groups in total. The number of thioether (sulfide) groups is 1. The van der Waals surface area contributed by atoms with Crippen molar-refractivity contribution in [2.45, 2.75) is 31.9 Å². The number of aryl methyl sites for hydroxylation is 1. The molecule has 2 aliphatic rings. The van der Waals surface area contributed by atoms with Gasteiger partial charge in [-0.25, -0.2) is 9.98 Å². The Morgan fingerprint density at radius 3 is 3.08 bits per heavy atom. The van der Waals surface area contributed by atoms with Crippen LogP contribution in [0.5, 0.6) is 0 Å². The van der Waals surface area contributed by atoms with Crippen molar-refractivity contribution in [1.29, 1.82) is 0 Å². The molecule has 11 heteroatoms. The lowest BCUT2D eigenvalue weighted by molar-refractivity contribution is -0.0466. The van der Waals surface area contributed by atoms with Crippen LogP contribution in [-0.2, 0) is 10.3 Å². The maximum Gasteiger partial charge on any atom is 0.316 e. The average molecular weight is 394 g/mol. The molecule has 2 aliphatic heterocycles. The highest BCUT2D eigenvalue weighted by atomic mass is 32.2. The van der Waals surface area contributed by atoms with E-state index < -0.39 is 11.4 Å². The molecule has 3 atom stereocenters. The summed E-state index contributed by atoms with van der Waals surface area (Å²) in [6, 6.07) is 0. The number of amidine groups is 1. The minimum absolute atomic E-state index is 0.0979. The van der Waals surface area contributed by atoms with Gasteiger partial charge in [-0.2, -0.15) is 4.98 Å². The summed E-state index contributed by atoms with van der Waals surface area (Å²) in [7, 11) is 0. The quantitative estimate of drug-likeness (QED) is 0.806. The number of amides is 1. The second-order valence-corrected chi connectivity index (χ2v) is 8.28. The summed E-state index contributed by atoms with van der Waals surface area (Å²) in [5.74, 6) is 1.40. The zero-order chi connectivity index (χ0) is 18.3. The van der Waals surface area contributed by atoms with Crippen LogP contribution in [-0.4, -0.2) is 44.7 Å². The molecule has 0 spiro atoms. The number of nitrogens with one attached hydrogen (secondary N) is 1. The van der Waals surface area contributed by atoms with Crippen LogP contribution in [0.15, 0.2) is 14.9 Å². The fourth-order valence-electron chi connectivity index (χ4n) is 3.17. The van der Waals surface area contributed by atoms with Gasteiger partial charge < -0.3 is 20.3 Å². The average Bonchev–Trinajstić information content (AvgIpc) is 3.24. The molecule has 0 saturated carbocycles. The van der Waals surface area contributed by atoms with Gasteiger partial charge in [-0.3, -0.25) is 4.79 Å². The molecule has 0 aliphatic carbocycles. The molecule has 0 radical (unpaired) electrons. The summed E-state index contributed by atoms with van der Waals surface area (Å²) in [6.07, 6.45) is 1.08. The zero-order valence-corrected chi connectivity index (χ0v) is 15.9. The molecule has 2 aromatic heterocycles. The van der Waals surface area contributed by atoms with Crippen LogP contribution in [0.25, 0.3) is 0 Å².